The smallest absolute Gasteiger partial charge is 0.225 e. The highest BCUT2D eigenvalue weighted by Gasteiger charge is 2.40. The number of benzene rings is 1. The molecule has 28 heavy (non-hydrogen) atoms. The van der Waals surface area contributed by atoms with E-state index in [2.05, 4.69) is 10.3 Å². The van der Waals surface area contributed by atoms with Crippen molar-refractivity contribution in [1.82, 2.24) is 15.2 Å². The van der Waals surface area contributed by atoms with Crippen molar-refractivity contribution in [2.24, 2.45) is 5.92 Å². The van der Waals surface area contributed by atoms with Crippen molar-refractivity contribution in [3.63, 3.8) is 0 Å². The van der Waals surface area contributed by atoms with Gasteiger partial charge in [0.15, 0.2) is 0 Å². The van der Waals surface area contributed by atoms with E-state index in [1.54, 1.807) is 36.5 Å². The van der Waals surface area contributed by atoms with Crippen LogP contribution in [0.5, 0.6) is 0 Å². The summed E-state index contributed by atoms with van der Waals surface area (Å²) in [6, 6.07) is 9.24. The second-order valence-corrected chi connectivity index (χ2v) is 6.80. The van der Waals surface area contributed by atoms with E-state index in [9.17, 15) is 14.0 Å². The van der Waals surface area contributed by atoms with Crippen molar-refractivity contribution in [3.05, 3.63) is 65.7 Å². The number of nitrogens with one attached hydrogen (secondary N) is 1. The van der Waals surface area contributed by atoms with Crippen molar-refractivity contribution < 1.29 is 18.7 Å². The molecule has 2 amide bonds. The topological polar surface area (TPSA) is 71.5 Å². The Morgan fingerprint density at radius 1 is 1.32 bits per heavy atom. The average Bonchev–Trinajstić information content (AvgIpc) is 2.72. The highest BCUT2D eigenvalue weighted by molar-refractivity contribution is 5.85. The molecule has 1 aromatic carbocycles. The van der Waals surface area contributed by atoms with Crippen LogP contribution < -0.4 is 5.32 Å². The minimum absolute atomic E-state index is 0.0253. The number of hydrogen-bond donors (Lipinski definition) is 1. The summed E-state index contributed by atoms with van der Waals surface area (Å²) in [5, 5.41) is 2.95. The molecule has 3 rings (SSSR count). The van der Waals surface area contributed by atoms with Crippen molar-refractivity contribution in [2.75, 3.05) is 20.3 Å². The summed E-state index contributed by atoms with van der Waals surface area (Å²) < 4.78 is 18.5. The lowest BCUT2D eigenvalue weighted by atomic mass is 9.83. The molecular formula is C21H24FN3O3. The molecule has 1 aromatic heterocycles. The molecule has 1 aliphatic heterocycles. The number of rotatable bonds is 7. The predicted octanol–water partition coefficient (Wildman–Crippen LogP) is 2.46. The van der Waals surface area contributed by atoms with Gasteiger partial charge in [0, 0.05) is 39.0 Å². The largest absolute Gasteiger partial charge is 0.383 e. The summed E-state index contributed by atoms with van der Waals surface area (Å²) in [4.78, 5) is 31.3. The fraction of sp³-hybridized carbons (Fsp3) is 0.381. The van der Waals surface area contributed by atoms with E-state index < -0.39 is 12.0 Å². The average molecular weight is 385 g/mol. The zero-order valence-electron chi connectivity index (χ0n) is 15.8. The molecule has 0 saturated carbocycles. The first-order valence-electron chi connectivity index (χ1n) is 9.30. The molecule has 6 nitrogen and oxygen atoms in total. The number of carbonyl (C=O) groups excluding carboxylic acids is 2. The Morgan fingerprint density at radius 2 is 2.11 bits per heavy atom. The summed E-state index contributed by atoms with van der Waals surface area (Å²) in [6.07, 6.45) is 4.12. The Morgan fingerprint density at radius 3 is 2.79 bits per heavy atom. The van der Waals surface area contributed by atoms with Crippen LogP contribution in [0.4, 0.5) is 4.39 Å². The fourth-order valence-electron chi connectivity index (χ4n) is 3.58. The monoisotopic (exact) mass is 385 g/mol. The van der Waals surface area contributed by atoms with Crippen LogP contribution in [0.2, 0.25) is 0 Å². The van der Waals surface area contributed by atoms with Gasteiger partial charge in [-0.2, -0.15) is 0 Å². The van der Waals surface area contributed by atoms with E-state index in [0.717, 1.165) is 11.1 Å². The van der Waals surface area contributed by atoms with Gasteiger partial charge in [0.2, 0.25) is 11.8 Å². The number of carbonyl (C=O) groups is 2. The molecule has 1 N–H and O–H groups in total. The molecule has 7 heteroatoms. The number of hydrogen-bond acceptors (Lipinski definition) is 4. The number of ether oxygens (including phenoxy) is 1. The molecule has 0 bridgehead atoms. The van der Waals surface area contributed by atoms with E-state index in [4.69, 9.17) is 4.74 Å². The third-order valence-corrected chi connectivity index (χ3v) is 4.98. The molecule has 1 saturated heterocycles. The number of piperidine rings is 1. The Kier molecular flexibility index (Phi) is 6.71. The third kappa shape index (κ3) is 4.72. The maximum absolute atomic E-state index is 13.4. The van der Waals surface area contributed by atoms with Crippen molar-refractivity contribution >= 4 is 11.8 Å². The molecule has 0 spiro atoms. The van der Waals surface area contributed by atoms with Gasteiger partial charge >= 0.3 is 0 Å². The lowest BCUT2D eigenvalue weighted by molar-refractivity contribution is -0.144. The molecule has 2 heterocycles. The number of pyridine rings is 1. The number of methoxy groups -OCH3 is 1. The number of amides is 2. The summed E-state index contributed by atoms with van der Waals surface area (Å²) in [5.74, 6) is -0.931. The Hall–Kier alpha value is -2.80. The second-order valence-electron chi connectivity index (χ2n) is 6.80. The summed E-state index contributed by atoms with van der Waals surface area (Å²) >= 11 is 0. The molecular weight excluding hydrogens is 361 g/mol. The van der Waals surface area contributed by atoms with Crippen LogP contribution in [0.3, 0.4) is 0 Å². The molecule has 2 aromatic rings. The molecule has 2 unspecified atom stereocenters. The first-order valence-corrected chi connectivity index (χ1v) is 9.30. The number of likely N-dealkylation sites (tertiary alicyclic amines) is 1. The van der Waals surface area contributed by atoms with Crippen molar-refractivity contribution in [3.8, 4) is 0 Å². The second kappa shape index (κ2) is 9.41. The molecule has 0 radical (unpaired) electrons. The Balaban J connectivity index is 1.82. The maximum atomic E-state index is 13.4. The van der Waals surface area contributed by atoms with Crippen LogP contribution in [0.1, 0.15) is 30.0 Å². The first kappa shape index (κ1) is 19.9. The van der Waals surface area contributed by atoms with Gasteiger partial charge in [0.05, 0.1) is 18.6 Å². The van der Waals surface area contributed by atoms with Gasteiger partial charge in [-0.1, -0.05) is 18.2 Å². The normalized spacial score (nSPS) is 19.5. The molecule has 148 valence electrons. The maximum Gasteiger partial charge on any atom is 0.225 e. The number of nitrogens with zero attached hydrogens (tertiary/aromatic N) is 2. The minimum atomic E-state index is -0.453. The standard InChI is InChI=1S/C21H24FN3O3/c1-28-12-11-25-19(26)9-8-18(20(25)16-4-6-17(22)7-5-16)21(27)24-14-15-3-2-10-23-13-15/h2-7,10,13,18,20H,8-9,11-12,14H2,1H3,(H,24,27). The first-order chi connectivity index (χ1) is 13.6. The summed E-state index contributed by atoms with van der Waals surface area (Å²) in [7, 11) is 1.57. The highest BCUT2D eigenvalue weighted by Crippen LogP contribution is 2.37. The van der Waals surface area contributed by atoms with Crippen LogP contribution in [-0.4, -0.2) is 42.0 Å². The van der Waals surface area contributed by atoms with E-state index in [-0.39, 0.29) is 17.6 Å². The quantitative estimate of drug-likeness (QED) is 0.795. The van der Waals surface area contributed by atoms with E-state index in [0.29, 0.717) is 32.5 Å². The van der Waals surface area contributed by atoms with Crippen molar-refractivity contribution in [1.29, 1.82) is 0 Å². The van der Waals surface area contributed by atoms with Gasteiger partial charge in [-0.05, 0) is 35.7 Å². The van der Waals surface area contributed by atoms with Gasteiger partial charge in [-0.3, -0.25) is 14.6 Å². The van der Waals surface area contributed by atoms with Gasteiger partial charge in [0.1, 0.15) is 5.82 Å². The molecule has 0 aliphatic carbocycles. The van der Waals surface area contributed by atoms with E-state index in [1.807, 2.05) is 12.1 Å². The zero-order valence-corrected chi connectivity index (χ0v) is 15.8. The fourth-order valence-corrected chi connectivity index (χ4v) is 3.58. The van der Waals surface area contributed by atoms with Crippen LogP contribution in [0.15, 0.2) is 48.8 Å². The molecule has 2 atom stereocenters. The summed E-state index contributed by atoms with van der Waals surface area (Å²) in [5.41, 5.74) is 1.64. The predicted molar refractivity (Wildman–Crippen MR) is 102 cm³/mol. The van der Waals surface area contributed by atoms with Crippen LogP contribution in [0.25, 0.3) is 0 Å². The van der Waals surface area contributed by atoms with Gasteiger partial charge < -0.3 is 15.0 Å². The van der Waals surface area contributed by atoms with Crippen molar-refractivity contribution in [2.45, 2.75) is 25.4 Å². The molecule has 1 aliphatic rings. The van der Waals surface area contributed by atoms with Crippen LogP contribution >= 0.6 is 0 Å². The van der Waals surface area contributed by atoms with E-state index >= 15 is 0 Å². The minimum Gasteiger partial charge on any atom is -0.383 e. The van der Waals surface area contributed by atoms with Gasteiger partial charge in [0.25, 0.3) is 0 Å². The number of aromatic nitrogens is 1. The Bertz CT molecular complexity index is 798. The SMILES string of the molecule is COCCN1C(=O)CCC(C(=O)NCc2cccnc2)C1c1ccc(F)cc1. The summed E-state index contributed by atoms with van der Waals surface area (Å²) in [6.45, 7) is 1.11. The van der Waals surface area contributed by atoms with Crippen LogP contribution in [0, 0.1) is 11.7 Å². The van der Waals surface area contributed by atoms with E-state index in [1.165, 1.54) is 12.1 Å². The lowest BCUT2D eigenvalue weighted by Crippen LogP contribution is -2.49. The van der Waals surface area contributed by atoms with Crippen LogP contribution in [-0.2, 0) is 20.9 Å². The molecule has 1 fully saturated rings. The highest BCUT2D eigenvalue weighted by atomic mass is 19.1. The van der Waals surface area contributed by atoms with Gasteiger partial charge in [-0.15, -0.1) is 0 Å². The lowest BCUT2D eigenvalue weighted by Gasteiger charge is -2.40. The number of halogens is 1. The van der Waals surface area contributed by atoms with Gasteiger partial charge in [-0.25, -0.2) is 4.39 Å². The third-order valence-electron chi connectivity index (χ3n) is 4.98. The zero-order chi connectivity index (χ0) is 19.9. The Labute approximate surface area is 163 Å².